The molecule has 0 unspecified atom stereocenters. The monoisotopic (exact) mass is 270 g/mol. The smallest absolute Gasteiger partial charge is 0.313 e. The van der Waals surface area contributed by atoms with Crippen LogP contribution in [-0.4, -0.2) is 64.2 Å². The molecule has 0 bridgehead atoms. The Bertz CT molecular complexity index is 233. The Hall–Kier alpha value is -0.0400. The minimum Gasteiger partial charge on any atom is -0.481 e. The van der Waals surface area contributed by atoms with Gasteiger partial charge in [0.2, 0.25) is 0 Å². The lowest BCUT2D eigenvalue weighted by Gasteiger charge is -2.33. The van der Waals surface area contributed by atoms with Crippen LogP contribution >= 0.6 is 36.4 Å². The maximum atomic E-state index is 10.3. The number of carboxylic acids is 1. The van der Waals surface area contributed by atoms with E-state index < -0.39 is 5.97 Å². The summed E-state index contributed by atoms with van der Waals surface area (Å²) >= 11 is 6.37. The van der Waals surface area contributed by atoms with Crippen LogP contribution in [0.2, 0.25) is 0 Å². The summed E-state index contributed by atoms with van der Waals surface area (Å²) in [5.74, 6) is -0.753. The van der Waals surface area contributed by atoms with Crippen molar-refractivity contribution in [1.82, 2.24) is 9.80 Å². The number of hydrogen-bond acceptors (Lipinski definition) is 4. The van der Waals surface area contributed by atoms with Crippen LogP contribution in [0.5, 0.6) is 0 Å². The molecule has 1 rings (SSSR count). The molecule has 0 aliphatic carbocycles. The second kappa shape index (κ2) is 7.27. The highest BCUT2D eigenvalue weighted by Crippen LogP contribution is 2.11. The number of likely N-dealkylation sites (N-methyl/N-ethyl adjacent to an activating group) is 1. The van der Waals surface area contributed by atoms with Gasteiger partial charge in [0.05, 0.1) is 5.75 Å². The largest absolute Gasteiger partial charge is 0.481 e. The maximum absolute atomic E-state index is 10.3. The summed E-state index contributed by atoms with van der Waals surface area (Å²) in [5.41, 5.74) is 0. The van der Waals surface area contributed by atoms with E-state index in [1.165, 1.54) is 11.8 Å². The van der Waals surface area contributed by atoms with Crippen molar-refractivity contribution in [3.05, 3.63) is 0 Å². The Morgan fingerprint density at radius 1 is 1.40 bits per heavy atom. The van der Waals surface area contributed by atoms with E-state index in [2.05, 4.69) is 16.8 Å². The van der Waals surface area contributed by atoms with Crippen molar-refractivity contribution < 1.29 is 9.90 Å². The third-order valence-electron chi connectivity index (χ3n) is 2.08. The van der Waals surface area contributed by atoms with Gasteiger partial charge in [-0.3, -0.25) is 4.79 Å². The van der Waals surface area contributed by atoms with Crippen molar-refractivity contribution >= 4 is 46.7 Å². The van der Waals surface area contributed by atoms with Crippen LogP contribution in [-0.2, 0) is 4.79 Å². The van der Waals surface area contributed by atoms with Crippen molar-refractivity contribution in [2.24, 2.45) is 0 Å². The van der Waals surface area contributed by atoms with Crippen LogP contribution < -0.4 is 0 Å². The Kier molecular flexibility index (Phi) is 7.25. The van der Waals surface area contributed by atoms with Crippen molar-refractivity contribution in [1.29, 1.82) is 0 Å². The molecule has 0 atom stereocenters. The van der Waals surface area contributed by atoms with Crippen LogP contribution in [0.25, 0.3) is 0 Å². The zero-order chi connectivity index (χ0) is 10.6. The fourth-order valence-electron chi connectivity index (χ4n) is 1.20. The average molecular weight is 271 g/mol. The molecule has 4 nitrogen and oxygen atoms in total. The van der Waals surface area contributed by atoms with Gasteiger partial charge in [0.15, 0.2) is 0 Å². The third-order valence-corrected chi connectivity index (χ3v) is 3.59. The van der Waals surface area contributed by atoms with E-state index in [0.29, 0.717) is 4.32 Å². The van der Waals surface area contributed by atoms with E-state index >= 15 is 0 Å². The first-order chi connectivity index (χ1) is 6.59. The Labute approximate surface area is 105 Å². The molecule has 15 heavy (non-hydrogen) atoms. The molecule has 1 N–H and O–H groups in total. The summed E-state index contributed by atoms with van der Waals surface area (Å²) in [7, 11) is 2.07. The van der Waals surface area contributed by atoms with E-state index in [0.717, 1.165) is 26.2 Å². The molecule has 0 aromatic rings. The van der Waals surface area contributed by atoms with Gasteiger partial charge in [0.25, 0.3) is 0 Å². The second-order valence-corrected chi connectivity index (χ2v) is 4.85. The van der Waals surface area contributed by atoms with E-state index in [9.17, 15) is 4.79 Å². The third kappa shape index (κ3) is 5.55. The zero-order valence-electron chi connectivity index (χ0n) is 8.51. The van der Waals surface area contributed by atoms with Crippen molar-refractivity contribution in [3.8, 4) is 0 Å². The number of halogens is 1. The number of carbonyl (C=O) groups is 1. The number of rotatable bonds is 2. The molecule has 0 amide bonds. The normalized spacial score (nSPS) is 17.0. The van der Waals surface area contributed by atoms with Crippen molar-refractivity contribution in [3.63, 3.8) is 0 Å². The highest BCUT2D eigenvalue weighted by atomic mass is 35.5. The molecule has 0 saturated carbocycles. The van der Waals surface area contributed by atoms with Gasteiger partial charge in [-0.1, -0.05) is 24.0 Å². The summed E-state index contributed by atoms with van der Waals surface area (Å²) in [6.07, 6.45) is 0. The highest BCUT2D eigenvalue weighted by molar-refractivity contribution is 8.23. The maximum Gasteiger partial charge on any atom is 0.313 e. The Morgan fingerprint density at radius 2 is 1.93 bits per heavy atom. The molecule has 0 aromatic heterocycles. The average Bonchev–Trinajstić information content (AvgIpc) is 2.15. The topological polar surface area (TPSA) is 43.8 Å². The first-order valence-corrected chi connectivity index (χ1v) is 5.81. The molecule has 1 aliphatic rings. The summed E-state index contributed by atoms with van der Waals surface area (Å²) in [5, 5.41) is 8.50. The number of aliphatic carboxylic acids is 1. The van der Waals surface area contributed by atoms with Gasteiger partial charge in [-0.05, 0) is 7.05 Å². The molecule has 1 saturated heterocycles. The predicted molar refractivity (Wildman–Crippen MR) is 69.0 cm³/mol. The fraction of sp³-hybridized carbons (Fsp3) is 0.750. The van der Waals surface area contributed by atoms with Gasteiger partial charge in [0.1, 0.15) is 4.32 Å². The SMILES string of the molecule is CN1CCN(C(=S)SCC(=O)O)CC1.Cl. The molecule has 1 aliphatic heterocycles. The summed E-state index contributed by atoms with van der Waals surface area (Å²) in [6.45, 7) is 3.80. The van der Waals surface area contributed by atoms with Crippen molar-refractivity contribution in [2.45, 2.75) is 0 Å². The lowest BCUT2D eigenvalue weighted by atomic mass is 10.4. The molecular weight excluding hydrogens is 256 g/mol. The van der Waals surface area contributed by atoms with Crippen LogP contribution in [0.15, 0.2) is 0 Å². The van der Waals surface area contributed by atoms with Gasteiger partial charge in [0, 0.05) is 26.2 Å². The van der Waals surface area contributed by atoms with Gasteiger partial charge >= 0.3 is 5.97 Å². The molecule has 0 radical (unpaired) electrons. The molecule has 1 fully saturated rings. The van der Waals surface area contributed by atoms with E-state index in [4.69, 9.17) is 17.3 Å². The predicted octanol–water partition coefficient (Wildman–Crippen LogP) is 0.758. The van der Waals surface area contributed by atoms with E-state index in [1.54, 1.807) is 0 Å². The molecule has 0 spiro atoms. The molecule has 7 heteroatoms. The molecular formula is C8H15ClN2O2S2. The van der Waals surface area contributed by atoms with Crippen LogP contribution in [0, 0.1) is 0 Å². The fourth-order valence-corrected chi connectivity index (χ4v) is 2.18. The lowest BCUT2D eigenvalue weighted by Crippen LogP contribution is -2.45. The number of carboxylic acid groups (broad SMARTS) is 1. The number of nitrogens with zero attached hydrogens (tertiary/aromatic N) is 2. The summed E-state index contributed by atoms with van der Waals surface area (Å²) in [6, 6.07) is 0. The highest BCUT2D eigenvalue weighted by Gasteiger charge is 2.16. The standard InChI is InChI=1S/C8H14N2O2S2.ClH/c1-9-2-4-10(5-3-9)8(13)14-6-7(11)12;/h2-6H2,1H3,(H,11,12);1H. The summed E-state index contributed by atoms with van der Waals surface area (Å²) < 4.78 is 0.709. The second-order valence-electron chi connectivity index (χ2n) is 3.24. The number of thioether (sulfide) groups is 1. The van der Waals surface area contributed by atoms with Crippen LogP contribution in [0.1, 0.15) is 0 Å². The van der Waals surface area contributed by atoms with Gasteiger partial charge in [-0.25, -0.2) is 0 Å². The van der Waals surface area contributed by atoms with Crippen LogP contribution in [0.3, 0.4) is 0 Å². The molecule has 88 valence electrons. The Balaban J connectivity index is 0.00000196. The zero-order valence-corrected chi connectivity index (χ0v) is 11.0. The minimum absolute atomic E-state index is 0. The Morgan fingerprint density at radius 3 is 2.40 bits per heavy atom. The van der Waals surface area contributed by atoms with E-state index in [1.807, 2.05) is 0 Å². The number of hydrogen-bond donors (Lipinski definition) is 1. The van der Waals surface area contributed by atoms with Gasteiger partial charge < -0.3 is 14.9 Å². The lowest BCUT2D eigenvalue weighted by molar-refractivity contribution is -0.133. The first kappa shape index (κ1) is 15.0. The van der Waals surface area contributed by atoms with Crippen LogP contribution in [0.4, 0.5) is 0 Å². The number of piperazine rings is 1. The first-order valence-electron chi connectivity index (χ1n) is 4.41. The molecule has 0 aromatic carbocycles. The molecule has 1 heterocycles. The quantitative estimate of drug-likeness (QED) is 0.748. The summed E-state index contributed by atoms with van der Waals surface area (Å²) in [4.78, 5) is 14.6. The van der Waals surface area contributed by atoms with Crippen molar-refractivity contribution in [2.75, 3.05) is 39.0 Å². The van der Waals surface area contributed by atoms with E-state index in [-0.39, 0.29) is 18.2 Å². The number of thiocarbonyl (C=S) groups is 1. The minimum atomic E-state index is -0.813. The van der Waals surface area contributed by atoms with Gasteiger partial charge in [-0.15, -0.1) is 12.4 Å². The van der Waals surface area contributed by atoms with Gasteiger partial charge in [-0.2, -0.15) is 0 Å².